The predicted octanol–water partition coefficient (Wildman–Crippen LogP) is 2.18. The van der Waals surface area contributed by atoms with Gasteiger partial charge in [0.15, 0.2) is 0 Å². The molecule has 0 radical (unpaired) electrons. The second-order valence-electron chi connectivity index (χ2n) is 5.97. The molecule has 0 aliphatic carbocycles. The third-order valence-corrected chi connectivity index (χ3v) is 4.00. The maximum Gasteiger partial charge on any atom is 0.254 e. The molecule has 1 aromatic carbocycles. The molecule has 2 atom stereocenters. The molecule has 1 aliphatic heterocycles. The Morgan fingerprint density at radius 1 is 1.43 bits per heavy atom. The van der Waals surface area contributed by atoms with Gasteiger partial charge in [0.1, 0.15) is 0 Å². The van der Waals surface area contributed by atoms with E-state index in [2.05, 4.69) is 4.90 Å². The van der Waals surface area contributed by atoms with Gasteiger partial charge in [-0.2, -0.15) is 0 Å². The van der Waals surface area contributed by atoms with E-state index < -0.39 is 0 Å². The molecule has 116 valence electrons. The molecule has 1 aliphatic rings. The van der Waals surface area contributed by atoms with Gasteiger partial charge in [0, 0.05) is 42.8 Å². The van der Waals surface area contributed by atoms with Crippen molar-refractivity contribution in [3.05, 3.63) is 34.3 Å². The number of β-amino-alcohol motifs (C(OH)–C–C–N with tert-alkyl or cyclic N) is 1. The molecule has 1 fully saturated rings. The maximum absolute atomic E-state index is 12.6. The summed E-state index contributed by atoms with van der Waals surface area (Å²) in [5, 5.41) is 10.1. The third kappa shape index (κ3) is 4.19. The topological polar surface area (TPSA) is 43.8 Å². The fourth-order valence-electron chi connectivity index (χ4n) is 2.90. The van der Waals surface area contributed by atoms with Gasteiger partial charge in [0.2, 0.25) is 0 Å². The van der Waals surface area contributed by atoms with Crippen LogP contribution < -0.4 is 0 Å². The Kier molecular flexibility index (Phi) is 5.25. The Hall–Kier alpha value is -1.10. The van der Waals surface area contributed by atoms with Crippen molar-refractivity contribution in [2.75, 3.05) is 26.2 Å². The summed E-state index contributed by atoms with van der Waals surface area (Å²) in [6.07, 6.45) is -0.338. The number of halogens is 1. The van der Waals surface area contributed by atoms with Gasteiger partial charge in [-0.25, -0.2) is 0 Å². The molecule has 5 heteroatoms. The molecule has 21 heavy (non-hydrogen) atoms. The number of nitrogens with zero attached hydrogens (tertiary/aromatic N) is 2. The van der Waals surface area contributed by atoms with E-state index in [9.17, 15) is 9.90 Å². The summed E-state index contributed by atoms with van der Waals surface area (Å²) in [5.74, 6) is 0.0322. The summed E-state index contributed by atoms with van der Waals surface area (Å²) in [6.45, 7) is 8.69. The molecule has 1 saturated heterocycles. The summed E-state index contributed by atoms with van der Waals surface area (Å²) >= 11 is 6.04. The summed E-state index contributed by atoms with van der Waals surface area (Å²) in [5.41, 5.74) is 1.64. The van der Waals surface area contributed by atoms with Crippen LogP contribution in [0.1, 0.15) is 29.8 Å². The number of benzene rings is 1. The minimum absolute atomic E-state index is 0.0322. The third-order valence-electron chi connectivity index (χ3n) is 3.78. The van der Waals surface area contributed by atoms with E-state index in [0.717, 1.165) is 18.7 Å². The molecule has 1 heterocycles. The number of hydrogen-bond donors (Lipinski definition) is 1. The highest BCUT2D eigenvalue weighted by atomic mass is 35.5. The van der Waals surface area contributed by atoms with Gasteiger partial charge in [0.25, 0.3) is 5.91 Å². The van der Waals surface area contributed by atoms with Crippen molar-refractivity contribution >= 4 is 17.5 Å². The van der Waals surface area contributed by atoms with Crippen molar-refractivity contribution in [3.63, 3.8) is 0 Å². The quantitative estimate of drug-likeness (QED) is 0.930. The summed E-state index contributed by atoms with van der Waals surface area (Å²) in [7, 11) is 0. The van der Waals surface area contributed by atoms with Crippen LogP contribution in [0.15, 0.2) is 18.2 Å². The smallest absolute Gasteiger partial charge is 0.254 e. The Bertz CT molecular complexity index is 499. The average molecular weight is 311 g/mol. The van der Waals surface area contributed by atoms with Gasteiger partial charge in [0.05, 0.1) is 6.10 Å². The van der Waals surface area contributed by atoms with Crippen LogP contribution in [0.4, 0.5) is 0 Å². The van der Waals surface area contributed by atoms with E-state index in [-0.39, 0.29) is 18.1 Å². The molecular formula is C16H23ClN2O2. The number of carbonyl (C=O) groups excluding carboxylic acids is 1. The largest absolute Gasteiger partial charge is 0.392 e. The summed E-state index contributed by atoms with van der Waals surface area (Å²) < 4.78 is 0. The number of hydrogen-bond acceptors (Lipinski definition) is 3. The number of rotatable bonds is 3. The first-order chi connectivity index (χ1) is 9.86. The molecule has 2 rings (SSSR count). The second kappa shape index (κ2) is 6.77. The van der Waals surface area contributed by atoms with Crippen LogP contribution in [0, 0.1) is 6.92 Å². The van der Waals surface area contributed by atoms with E-state index >= 15 is 0 Å². The van der Waals surface area contributed by atoms with E-state index in [1.807, 2.05) is 30.9 Å². The zero-order chi connectivity index (χ0) is 15.6. The first-order valence-electron chi connectivity index (χ1n) is 7.35. The molecule has 0 bridgehead atoms. The van der Waals surface area contributed by atoms with Crippen LogP contribution in [0.2, 0.25) is 5.02 Å². The lowest BCUT2D eigenvalue weighted by Gasteiger charge is -2.40. The van der Waals surface area contributed by atoms with Crippen LogP contribution in [0.25, 0.3) is 0 Å². The van der Waals surface area contributed by atoms with E-state index in [1.165, 1.54) is 0 Å². The zero-order valence-corrected chi connectivity index (χ0v) is 13.6. The molecule has 1 amide bonds. The zero-order valence-electron chi connectivity index (χ0n) is 12.8. The van der Waals surface area contributed by atoms with Crippen LogP contribution in [-0.4, -0.2) is 59.1 Å². The lowest BCUT2D eigenvalue weighted by Crippen LogP contribution is -2.55. The Labute approximate surface area is 131 Å². The first-order valence-corrected chi connectivity index (χ1v) is 7.73. The molecule has 0 spiro atoms. The molecule has 1 aromatic rings. The fraction of sp³-hybridized carbons (Fsp3) is 0.562. The van der Waals surface area contributed by atoms with Crippen LogP contribution in [0.5, 0.6) is 0 Å². The van der Waals surface area contributed by atoms with Crippen molar-refractivity contribution in [2.45, 2.75) is 32.9 Å². The standard InChI is InChI=1S/C16H23ClN2O2/c1-11-6-14(8-15(17)7-11)16(21)19-5-4-18(9-12(19)2)10-13(3)20/h6-8,12-13,20H,4-5,9-10H2,1-3H3/t12-,13-/m0/s1. The van der Waals surface area contributed by atoms with Crippen molar-refractivity contribution in [2.24, 2.45) is 0 Å². The number of piperazine rings is 1. The molecule has 0 unspecified atom stereocenters. The Balaban J connectivity index is 2.07. The molecule has 4 nitrogen and oxygen atoms in total. The molecule has 1 N–H and O–H groups in total. The van der Waals surface area contributed by atoms with E-state index in [1.54, 1.807) is 13.0 Å². The Morgan fingerprint density at radius 2 is 2.14 bits per heavy atom. The summed E-state index contributed by atoms with van der Waals surface area (Å²) in [4.78, 5) is 16.7. The monoisotopic (exact) mass is 310 g/mol. The highest BCUT2D eigenvalue weighted by Crippen LogP contribution is 2.19. The van der Waals surface area contributed by atoms with Crippen LogP contribution in [-0.2, 0) is 0 Å². The van der Waals surface area contributed by atoms with Gasteiger partial charge in [-0.1, -0.05) is 11.6 Å². The van der Waals surface area contributed by atoms with Gasteiger partial charge in [-0.3, -0.25) is 9.69 Å². The van der Waals surface area contributed by atoms with Crippen LogP contribution in [0.3, 0.4) is 0 Å². The number of carbonyl (C=O) groups is 1. The van der Waals surface area contributed by atoms with Crippen molar-refractivity contribution in [1.82, 2.24) is 9.80 Å². The lowest BCUT2D eigenvalue weighted by molar-refractivity contribution is 0.0383. The molecule has 0 saturated carbocycles. The predicted molar refractivity (Wildman–Crippen MR) is 84.8 cm³/mol. The Morgan fingerprint density at radius 3 is 2.71 bits per heavy atom. The molecule has 0 aromatic heterocycles. The first kappa shape index (κ1) is 16.3. The fourth-order valence-corrected chi connectivity index (χ4v) is 3.19. The number of aliphatic hydroxyl groups is 1. The SMILES string of the molecule is Cc1cc(Cl)cc(C(=O)N2CCN(C[C@H](C)O)C[C@@H]2C)c1. The van der Waals surface area contributed by atoms with Gasteiger partial charge >= 0.3 is 0 Å². The highest BCUT2D eigenvalue weighted by Gasteiger charge is 2.28. The lowest BCUT2D eigenvalue weighted by atomic mass is 10.1. The average Bonchev–Trinajstić information content (AvgIpc) is 2.36. The van der Waals surface area contributed by atoms with Crippen molar-refractivity contribution in [1.29, 1.82) is 0 Å². The van der Waals surface area contributed by atoms with E-state index in [4.69, 9.17) is 11.6 Å². The maximum atomic E-state index is 12.6. The van der Waals surface area contributed by atoms with Crippen molar-refractivity contribution in [3.8, 4) is 0 Å². The summed E-state index contributed by atoms with van der Waals surface area (Å²) in [6, 6.07) is 5.58. The normalized spacial score (nSPS) is 21.4. The van der Waals surface area contributed by atoms with E-state index in [0.29, 0.717) is 23.7 Å². The van der Waals surface area contributed by atoms with Gasteiger partial charge in [-0.05, 0) is 44.5 Å². The number of aryl methyl sites for hydroxylation is 1. The van der Waals surface area contributed by atoms with Gasteiger partial charge in [-0.15, -0.1) is 0 Å². The minimum Gasteiger partial charge on any atom is -0.392 e. The number of aliphatic hydroxyl groups excluding tert-OH is 1. The minimum atomic E-state index is -0.338. The molecular weight excluding hydrogens is 288 g/mol. The second-order valence-corrected chi connectivity index (χ2v) is 6.41. The van der Waals surface area contributed by atoms with Crippen LogP contribution >= 0.6 is 11.6 Å². The van der Waals surface area contributed by atoms with Gasteiger partial charge < -0.3 is 10.0 Å². The van der Waals surface area contributed by atoms with Crippen molar-refractivity contribution < 1.29 is 9.90 Å². The number of amides is 1. The highest BCUT2D eigenvalue weighted by molar-refractivity contribution is 6.31.